The number of hydrogen-bond acceptors (Lipinski definition) is 5. The topological polar surface area (TPSA) is 128 Å². The average Bonchev–Trinajstić information content (AvgIpc) is 2.15. The fraction of sp³-hybridized carbons (Fsp3) is 0.429. The molecule has 0 spiro atoms. The van der Waals surface area contributed by atoms with Gasteiger partial charge in [-0.15, -0.1) is 5.10 Å². The van der Waals surface area contributed by atoms with Crippen LogP contribution < -0.4 is 16.6 Å². The summed E-state index contributed by atoms with van der Waals surface area (Å²) in [5, 5.41) is 16.5. The molecule has 15 heavy (non-hydrogen) atoms. The zero-order chi connectivity index (χ0) is 11.4. The van der Waals surface area contributed by atoms with Gasteiger partial charge in [-0.05, 0) is 0 Å². The summed E-state index contributed by atoms with van der Waals surface area (Å²) >= 11 is 0. The molecule has 1 rings (SSSR count). The van der Waals surface area contributed by atoms with Crippen LogP contribution in [-0.4, -0.2) is 32.8 Å². The molecule has 1 atom stereocenters. The minimum absolute atomic E-state index is 0.0530. The largest absolute Gasteiger partial charge is 0.481 e. The Morgan fingerprint density at radius 1 is 1.60 bits per heavy atom. The monoisotopic (exact) mass is 214 g/mol. The molecule has 8 heteroatoms. The van der Waals surface area contributed by atoms with E-state index in [1.807, 2.05) is 10.1 Å². The van der Waals surface area contributed by atoms with Gasteiger partial charge in [-0.2, -0.15) is 0 Å². The van der Waals surface area contributed by atoms with Crippen molar-refractivity contribution in [2.24, 2.45) is 5.92 Å². The van der Waals surface area contributed by atoms with Crippen LogP contribution in [0, 0.1) is 5.92 Å². The smallest absolute Gasteiger partial charge is 0.342 e. The quantitative estimate of drug-likeness (QED) is 0.487. The molecule has 0 saturated heterocycles. The van der Waals surface area contributed by atoms with Gasteiger partial charge < -0.3 is 10.4 Å². The first-order valence-corrected chi connectivity index (χ1v) is 4.16. The third-order valence-corrected chi connectivity index (χ3v) is 1.71. The van der Waals surface area contributed by atoms with Crippen molar-refractivity contribution in [2.45, 2.75) is 6.92 Å². The van der Waals surface area contributed by atoms with Gasteiger partial charge in [0.1, 0.15) is 0 Å². The Bertz CT molecular complexity index is 463. The first kappa shape index (κ1) is 11.0. The van der Waals surface area contributed by atoms with E-state index in [1.165, 1.54) is 6.92 Å². The van der Waals surface area contributed by atoms with E-state index in [2.05, 4.69) is 10.4 Å². The van der Waals surface area contributed by atoms with Crippen LogP contribution in [0.5, 0.6) is 0 Å². The third-order valence-electron chi connectivity index (χ3n) is 1.71. The van der Waals surface area contributed by atoms with Gasteiger partial charge in [0.15, 0.2) is 0 Å². The Balaban J connectivity index is 2.70. The lowest BCUT2D eigenvalue weighted by atomic mass is 10.2. The van der Waals surface area contributed by atoms with Gasteiger partial charge in [0.2, 0.25) is 5.82 Å². The number of carboxylic acids is 1. The van der Waals surface area contributed by atoms with Gasteiger partial charge in [0.25, 0.3) is 5.56 Å². The van der Waals surface area contributed by atoms with Gasteiger partial charge in [0, 0.05) is 6.54 Å². The van der Waals surface area contributed by atoms with Crippen LogP contribution in [0.2, 0.25) is 0 Å². The highest BCUT2D eigenvalue weighted by Crippen LogP contribution is 1.95. The fourth-order valence-corrected chi connectivity index (χ4v) is 0.805. The first-order valence-electron chi connectivity index (χ1n) is 4.16. The molecule has 1 aromatic rings. The van der Waals surface area contributed by atoms with Crippen molar-refractivity contribution in [1.29, 1.82) is 0 Å². The van der Waals surface area contributed by atoms with E-state index in [1.54, 1.807) is 0 Å². The molecule has 0 saturated carbocycles. The minimum Gasteiger partial charge on any atom is -0.481 e. The number of aliphatic carboxylic acids is 1. The number of anilines is 1. The van der Waals surface area contributed by atoms with Crippen LogP contribution in [-0.2, 0) is 4.79 Å². The average molecular weight is 214 g/mol. The molecule has 1 heterocycles. The zero-order valence-electron chi connectivity index (χ0n) is 7.90. The molecule has 4 N–H and O–H groups in total. The third kappa shape index (κ3) is 2.93. The summed E-state index contributed by atoms with van der Waals surface area (Å²) in [6.07, 6.45) is 0. The second-order valence-corrected chi connectivity index (χ2v) is 2.98. The lowest BCUT2D eigenvalue weighted by molar-refractivity contribution is -0.140. The van der Waals surface area contributed by atoms with Crippen molar-refractivity contribution in [3.63, 3.8) is 0 Å². The van der Waals surface area contributed by atoms with Crippen LogP contribution in [0.15, 0.2) is 9.59 Å². The number of H-pyrrole nitrogens is 2. The Labute approximate surface area is 83.3 Å². The van der Waals surface area contributed by atoms with Crippen LogP contribution in [0.3, 0.4) is 0 Å². The van der Waals surface area contributed by atoms with Crippen LogP contribution in [0.4, 0.5) is 5.82 Å². The second kappa shape index (κ2) is 4.40. The van der Waals surface area contributed by atoms with Gasteiger partial charge in [0.05, 0.1) is 5.92 Å². The Morgan fingerprint density at radius 2 is 2.27 bits per heavy atom. The number of aromatic nitrogens is 3. The first-order chi connectivity index (χ1) is 7.00. The molecule has 0 aliphatic rings. The molecule has 0 aliphatic heterocycles. The summed E-state index contributed by atoms with van der Waals surface area (Å²) in [5.74, 6) is -1.75. The zero-order valence-corrected chi connectivity index (χ0v) is 7.90. The summed E-state index contributed by atoms with van der Waals surface area (Å²) in [7, 11) is 0. The Hall–Kier alpha value is -2.12. The van der Waals surface area contributed by atoms with E-state index in [0.717, 1.165) is 0 Å². The lowest BCUT2D eigenvalue weighted by Gasteiger charge is -2.06. The van der Waals surface area contributed by atoms with Gasteiger partial charge in [-0.1, -0.05) is 6.92 Å². The molecule has 0 radical (unpaired) electrons. The number of nitrogens with one attached hydrogen (secondary N) is 3. The summed E-state index contributed by atoms with van der Waals surface area (Å²) < 4.78 is 0. The van der Waals surface area contributed by atoms with E-state index < -0.39 is 23.1 Å². The number of nitrogens with zero attached hydrogens (tertiary/aromatic N) is 1. The van der Waals surface area contributed by atoms with E-state index in [0.29, 0.717) is 0 Å². The SMILES string of the molecule is CC(CNc1n[nH]c(=O)[nH]c1=O)C(=O)O. The molecular weight excluding hydrogens is 204 g/mol. The number of carboxylic acid groups (broad SMARTS) is 1. The number of carbonyl (C=O) groups is 1. The Morgan fingerprint density at radius 3 is 2.80 bits per heavy atom. The maximum Gasteiger partial charge on any atom is 0.342 e. The van der Waals surface area contributed by atoms with Crippen LogP contribution >= 0.6 is 0 Å². The highest BCUT2D eigenvalue weighted by Gasteiger charge is 2.11. The maximum atomic E-state index is 11.1. The molecule has 0 amide bonds. The van der Waals surface area contributed by atoms with Crippen LogP contribution in [0.25, 0.3) is 0 Å². The standard InChI is InChI=1S/C7H10N4O4/c1-3(6(13)14)2-8-4-5(12)9-7(15)11-10-4/h3H,2H2,1H3,(H,8,10)(H,13,14)(H2,9,11,12,15). The Kier molecular flexibility index (Phi) is 3.21. The lowest BCUT2D eigenvalue weighted by Crippen LogP contribution is -2.29. The number of rotatable bonds is 4. The number of hydrogen-bond donors (Lipinski definition) is 4. The van der Waals surface area contributed by atoms with Crippen molar-refractivity contribution in [3.8, 4) is 0 Å². The minimum atomic E-state index is -0.983. The number of aromatic amines is 2. The van der Waals surface area contributed by atoms with E-state index in [4.69, 9.17) is 5.11 Å². The highest BCUT2D eigenvalue weighted by molar-refractivity contribution is 5.70. The van der Waals surface area contributed by atoms with Crippen molar-refractivity contribution >= 4 is 11.8 Å². The van der Waals surface area contributed by atoms with Gasteiger partial charge in [-0.3, -0.25) is 14.6 Å². The van der Waals surface area contributed by atoms with Crippen molar-refractivity contribution in [3.05, 3.63) is 20.8 Å². The molecule has 1 unspecified atom stereocenters. The van der Waals surface area contributed by atoms with Gasteiger partial charge >= 0.3 is 11.7 Å². The van der Waals surface area contributed by atoms with E-state index in [-0.39, 0.29) is 12.4 Å². The normalized spacial score (nSPS) is 12.1. The summed E-state index contributed by atoms with van der Waals surface area (Å²) in [4.78, 5) is 34.1. The van der Waals surface area contributed by atoms with Crippen molar-refractivity contribution in [2.75, 3.05) is 11.9 Å². The molecule has 0 fully saturated rings. The second-order valence-electron chi connectivity index (χ2n) is 2.98. The summed E-state index contributed by atoms with van der Waals surface area (Å²) in [6.45, 7) is 1.53. The molecule has 8 nitrogen and oxygen atoms in total. The summed E-state index contributed by atoms with van der Waals surface area (Å²) in [6, 6.07) is 0. The van der Waals surface area contributed by atoms with Crippen LogP contribution in [0.1, 0.15) is 6.92 Å². The maximum absolute atomic E-state index is 11.1. The molecule has 82 valence electrons. The molecule has 0 bridgehead atoms. The molecule has 0 aromatic carbocycles. The van der Waals surface area contributed by atoms with Crippen molar-refractivity contribution in [1.82, 2.24) is 15.2 Å². The van der Waals surface area contributed by atoms with E-state index >= 15 is 0 Å². The molecule has 1 aromatic heterocycles. The highest BCUT2D eigenvalue weighted by atomic mass is 16.4. The fourth-order valence-electron chi connectivity index (χ4n) is 0.805. The van der Waals surface area contributed by atoms with E-state index in [9.17, 15) is 14.4 Å². The molecular formula is C7H10N4O4. The predicted octanol–water partition coefficient (Wildman–Crippen LogP) is -1.41. The van der Waals surface area contributed by atoms with Gasteiger partial charge in [-0.25, -0.2) is 9.89 Å². The van der Waals surface area contributed by atoms with Crippen molar-refractivity contribution < 1.29 is 9.90 Å². The predicted molar refractivity (Wildman–Crippen MR) is 50.8 cm³/mol. The summed E-state index contributed by atoms with van der Waals surface area (Å²) in [5.41, 5.74) is -1.40. The molecule has 0 aliphatic carbocycles.